The number of likely N-dealkylation sites (tertiary alicyclic amines) is 1. The Labute approximate surface area is 148 Å². The largest absolute Gasteiger partial charge is 0.496 e. The van der Waals surface area contributed by atoms with Crippen LogP contribution < -0.4 is 10.1 Å². The molecular formula is C20H24N2O3. The first-order chi connectivity index (χ1) is 12.2. The third-order valence-electron chi connectivity index (χ3n) is 4.62. The Balaban J connectivity index is 1.76. The fourth-order valence-corrected chi connectivity index (χ4v) is 3.30. The highest BCUT2D eigenvalue weighted by atomic mass is 16.5. The van der Waals surface area contributed by atoms with Crippen LogP contribution in [-0.2, 0) is 6.42 Å². The number of rotatable bonds is 5. The summed E-state index contributed by atoms with van der Waals surface area (Å²) in [5.74, 6) is 0.802. The standard InChI is InChI=1S/C20H24N2O3/c1-25-19-10-9-17(13-16(19)12-15-6-3-2-4-7-15)21-20(24)22-11-5-8-18(22)14-23/h2-4,6-7,9-10,13,18,23H,5,8,11-12,14H2,1H3,(H,21,24)/t18-/m0/s1. The SMILES string of the molecule is COc1ccc(NC(=O)N2CCC[C@H]2CO)cc1Cc1ccccc1. The molecule has 1 atom stereocenters. The number of nitrogens with one attached hydrogen (secondary N) is 1. The first-order valence-electron chi connectivity index (χ1n) is 8.60. The molecule has 0 aliphatic carbocycles. The zero-order valence-corrected chi connectivity index (χ0v) is 14.4. The number of aliphatic hydroxyl groups excluding tert-OH is 1. The molecule has 2 aromatic rings. The van der Waals surface area contributed by atoms with Crippen LogP contribution in [0.25, 0.3) is 0 Å². The van der Waals surface area contributed by atoms with Gasteiger partial charge in [0.2, 0.25) is 0 Å². The lowest BCUT2D eigenvalue weighted by Gasteiger charge is -2.23. The van der Waals surface area contributed by atoms with Crippen molar-refractivity contribution in [3.05, 3.63) is 59.7 Å². The topological polar surface area (TPSA) is 61.8 Å². The predicted octanol–water partition coefficient (Wildman–Crippen LogP) is 3.27. The lowest BCUT2D eigenvalue weighted by Crippen LogP contribution is -2.40. The molecular weight excluding hydrogens is 316 g/mol. The fourth-order valence-electron chi connectivity index (χ4n) is 3.30. The van der Waals surface area contributed by atoms with Gasteiger partial charge in [-0.3, -0.25) is 0 Å². The molecule has 0 saturated carbocycles. The number of hydrogen-bond donors (Lipinski definition) is 2. The second-order valence-corrected chi connectivity index (χ2v) is 6.29. The van der Waals surface area contributed by atoms with Gasteiger partial charge in [0.25, 0.3) is 0 Å². The number of carbonyl (C=O) groups excluding carboxylic acids is 1. The summed E-state index contributed by atoms with van der Waals surface area (Å²) in [4.78, 5) is 14.2. The van der Waals surface area contributed by atoms with Crippen LogP contribution in [0.3, 0.4) is 0 Å². The van der Waals surface area contributed by atoms with Crippen molar-refractivity contribution in [1.29, 1.82) is 0 Å². The molecule has 0 aromatic heterocycles. The monoisotopic (exact) mass is 340 g/mol. The Morgan fingerprint density at radius 2 is 2.08 bits per heavy atom. The minimum Gasteiger partial charge on any atom is -0.496 e. The zero-order valence-electron chi connectivity index (χ0n) is 14.4. The van der Waals surface area contributed by atoms with Gasteiger partial charge in [-0.2, -0.15) is 0 Å². The van der Waals surface area contributed by atoms with Gasteiger partial charge in [-0.05, 0) is 36.6 Å². The Morgan fingerprint density at radius 1 is 1.28 bits per heavy atom. The van der Waals surface area contributed by atoms with Crippen LogP contribution in [0.2, 0.25) is 0 Å². The Kier molecular flexibility index (Phi) is 5.56. The minimum atomic E-state index is -0.160. The van der Waals surface area contributed by atoms with E-state index in [1.54, 1.807) is 12.0 Å². The second-order valence-electron chi connectivity index (χ2n) is 6.29. The maximum atomic E-state index is 12.5. The van der Waals surface area contributed by atoms with Crippen molar-refractivity contribution >= 4 is 11.7 Å². The van der Waals surface area contributed by atoms with Gasteiger partial charge in [0.15, 0.2) is 0 Å². The molecule has 2 amide bonds. The molecule has 1 aliphatic heterocycles. The molecule has 3 rings (SSSR count). The maximum absolute atomic E-state index is 12.5. The minimum absolute atomic E-state index is 0.00922. The number of methoxy groups -OCH3 is 1. The van der Waals surface area contributed by atoms with Crippen LogP contribution in [0.5, 0.6) is 5.75 Å². The van der Waals surface area contributed by atoms with Crippen LogP contribution in [0, 0.1) is 0 Å². The highest BCUT2D eigenvalue weighted by Crippen LogP contribution is 2.26. The quantitative estimate of drug-likeness (QED) is 0.878. The summed E-state index contributed by atoms with van der Waals surface area (Å²) >= 11 is 0. The van der Waals surface area contributed by atoms with E-state index < -0.39 is 0 Å². The molecule has 5 heteroatoms. The number of carbonyl (C=O) groups is 1. The number of hydrogen-bond acceptors (Lipinski definition) is 3. The van der Waals surface area contributed by atoms with E-state index in [0.29, 0.717) is 6.54 Å². The van der Waals surface area contributed by atoms with E-state index in [0.717, 1.165) is 36.3 Å². The highest BCUT2D eigenvalue weighted by Gasteiger charge is 2.28. The van der Waals surface area contributed by atoms with Crippen molar-refractivity contribution in [2.45, 2.75) is 25.3 Å². The molecule has 1 heterocycles. The van der Waals surface area contributed by atoms with E-state index in [1.165, 1.54) is 5.56 Å². The smallest absolute Gasteiger partial charge is 0.322 e. The third kappa shape index (κ3) is 4.12. The molecule has 0 spiro atoms. The van der Waals surface area contributed by atoms with Gasteiger partial charge in [-0.1, -0.05) is 30.3 Å². The number of nitrogens with zero attached hydrogens (tertiary/aromatic N) is 1. The van der Waals surface area contributed by atoms with E-state index in [9.17, 15) is 9.90 Å². The molecule has 132 valence electrons. The number of urea groups is 1. The lowest BCUT2D eigenvalue weighted by atomic mass is 10.0. The van der Waals surface area contributed by atoms with Gasteiger partial charge in [-0.15, -0.1) is 0 Å². The average molecular weight is 340 g/mol. The van der Waals surface area contributed by atoms with Crippen LogP contribution in [0.15, 0.2) is 48.5 Å². The van der Waals surface area contributed by atoms with Crippen molar-refractivity contribution in [3.63, 3.8) is 0 Å². The van der Waals surface area contributed by atoms with E-state index in [1.807, 2.05) is 36.4 Å². The normalized spacial score (nSPS) is 16.7. The summed E-state index contributed by atoms with van der Waals surface area (Å²) < 4.78 is 5.46. The molecule has 1 fully saturated rings. The van der Waals surface area contributed by atoms with Crippen molar-refractivity contribution in [2.75, 3.05) is 25.6 Å². The molecule has 0 unspecified atom stereocenters. The van der Waals surface area contributed by atoms with Crippen LogP contribution in [-0.4, -0.2) is 42.3 Å². The van der Waals surface area contributed by atoms with Gasteiger partial charge < -0.3 is 20.1 Å². The molecule has 1 aliphatic rings. The van der Waals surface area contributed by atoms with E-state index >= 15 is 0 Å². The first-order valence-corrected chi connectivity index (χ1v) is 8.60. The van der Waals surface area contributed by atoms with Crippen LogP contribution >= 0.6 is 0 Å². The first kappa shape index (κ1) is 17.3. The van der Waals surface area contributed by atoms with E-state index in [-0.39, 0.29) is 18.7 Å². The van der Waals surface area contributed by atoms with Crippen molar-refractivity contribution in [1.82, 2.24) is 4.90 Å². The number of amides is 2. The Hall–Kier alpha value is -2.53. The molecule has 25 heavy (non-hydrogen) atoms. The fraction of sp³-hybridized carbons (Fsp3) is 0.350. The van der Waals surface area contributed by atoms with Crippen LogP contribution in [0.1, 0.15) is 24.0 Å². The molecule has 5 nitrogen and oxygen atoms in total. The van der Waals surface area contributed by atoms with Crippen LogP contribution in [0.4, 0.5) is 10.5 Å². The number of ether oxygens (including phenoxy) is 1. The molecule has 0 radical (unpaired) electrons. The van der Waals surface area contributed by atoms with Crippen molar-refractivity contribution < 1.29 is 14.6 Å². The third-order valence-corrected chi connectivity index (χ3v) is 4.62. The summed E-state index contributed by atoms with van der Waals surface area (Å²) in [5, 5.41) is 12.3. The summed E-state index contributed by atoms with van der Waals surface area (Å²) in [6.45, 7) is 0.694. The number of anilines is 1. The zero-order chi connectivity index (χ0) is 17.6. The summed E-state index contributed by atoms with van der Waals surface area (Å²) in [6, 6.07) is 15.6. The molecule has 1 saturated heterocycles. The molecule has 0 bridgehead atoms. The van der Waals surface area contributed by atoms with E-state index in [4.69, 9.17) is 4.74 Å². The van der Waals surface area contributed by atoms with Gasteiger partial charge in [-0.25, -0.2) is 4.79 Å². The lowest BCUT2D eigenvalue weighted by molar-refractivity contribution is 0.166. The average Bonchev–Trinajstić information content (AvgIpc) is 3.12. The van der Waals surface area contributed by atoms with Gasteiger partial charge >= 0.3 is 6.03 Å². The van der Waals surface area contributed by atoms with Gasteiger partial charge in [0.05, 0.1) is 19.8 Å². The van der Waals surface area contributed by atoms with Crippen molar-refractivity contribution in [2.24, 2.45) is 0 Å². The summed E-state index contributed by atoms with van der Waals surface area (Å²) in [5.41, 5.74) is 2.94. The summed E-state index contributed by atoms with van der Waals surface area (Å²) in [6.07, 6.45) is 2.52. The predicted molar refractivity (Wildman–Crippen MR) is 98.1 cm³/mol. The number of aliphatic hydroxyl groups is 1. The Morgan fingerprint density at radius 3 is 2.80 bits per heavy atom. The number of benzene rings is 2. The van der Waals surface area contributed by atoms with E-state index in [2.05, 4.69) is 17.4 Å². The molecule has 2 N–H and O–H groups in total. The maximum Gasteiger partial charge on any atom is 0.322 e. The second kappa shape index (κ2) is 8.03. The highest BCUT2D eigenvalue weighted by molar-refractivity contribution is 5.90. The molecule has 2 aromatic carbocycles. The Bertz CT molecular complexity index is 718. The van der Waals surface area contributed by atoms with Gasteiger partial charge in [0, 0.05) is 24.2 Å². The van der Waals surface area contributed by atoms with Crippen molar-refractivity contribution in [3.8, 4) is 5.75 Å². The summed E-state index contributed by atoms with van der Waals surface area (Å²) in [7, 11) is 1.65. The van der Waals surface area contributed by atoms with Gasteiger partial charge in [0.1, 0.15) is 5.75 Å².